The van der Waals surface area contributed by atoms with Crippen molar-refractivity contribution in [2.75, 3.05) is 11.9 Å². The van der Waals surface area contributed by atoms with Crippen LogP contribution in [0.2, 0.25) is 5.02 Å². The summed E-state index contributed by atoms with van der Waals surface area (Å²) in [4.78, 5) is 16.7. The van der Waals surface area contributed by atoms with E-state index in [0.29, 0.717) is 16.8 Å². The van der Waals surface area contributed by atoms with Crippen molar-refractivity contribution in [1.82, 2.24) is 4.98 Å². The normalized spacial score (nSPS) is 27.2. The van der Waals surface area contributed by atoms with Gasteiger partial charge in [-0.3, -0.25) is 4.79 Å². The van der Waals surface area contributed by atoms with Crippen molar-refractivity contribution in [3.63, 3.8) is 0 Å². The summed E-state index contributed by atoms with van der Waals surface area (Å²) in [6.45, 7) is 0.775. The second-order valence-corrected chi connectivity index (χ2v) is 6.07. The molecule has 4 rings (SSSR count). The highest BCUT2D eigenvalue weighted by molar-refractivity contribution is 6.35. The lowest BCUT2D eigenvalue weighted by Gasteiger charge is -2.07. The molecule has 1 aromatic carbocycles. The van der Waals surface area contributed by atoms with Crippen LogP contribution in [0.1, 0.15) is 12.8 Å². The number of benzene rings is 1. The van der Waals surface area contributed by atoms with Gasteiger partial charge in [0.05, 0.1) is 17.5 Å². The number of pyridine rings is 1. The molecule has 2 heterocycles. The largest absolute Gasteiger partial charge is 0.377 e. The van der Waals surface area contributed by atoms with Crippen molar-refractivity contribution >= 4 is 34.2 Å². The number of amides is 1. The lowest BCUT2D eigenvalue weighted by atomic mass is 10.2. The topological polar surface area (TPSA) is 51.2 Å². The summed E-state index contributed by atoms with van der Waals surface area (Å²) in [5.41, 5.74) is 0.782. The molecule has 1 saturated heterocycles. The number of fused-ring (bicyclic) bond motifs is 2. The number of ether oxygens (including phenoxy) is 1. The summed E-state index contributed by atoms with van der Waals surface area (Å²) in [6.07, 6.45) is 2.26. The van der Waals surface area contributed by atoms with Gasteiger partial charge >= 0.3 is 0 Å². The van der Waals surface area contributed by atoms with Gasteiger partial charge in [0.2, 0.25) is 5.91 Å². The molecule has 4 nitrogen and oxygen atoms in total. The number of hydrogen-bond donors (Lipinski definition) is 1. The highest BCUT2D eigenvalue weighted by Crippen LogP contribution is 2.48. The molecule has 2 aromatic rings. The zero-order chi connectivity index (χ0) is 14.4. The maximum Gasteiger partial charge on any atom is 0.231 e. The minimum absolute atomic E-state index is 0.00985. The number of hydrogen-bond acceptors (Lipinski definition) is 3. The van der Waals surface area contributed by atoms with E-state index in [1.165, 1.54) is 0 Å². The third-order valence-corrected chi connectivity index (χ3v) is 4.65. The Hall–Kier alpha value is -1.65. The summed E-state index contributed by atoms with van der Waals surface area (Å²) >= 11 is 6.11. The zero-order valence-corrected chi connectivity index (χ0v) is 12.1. The van der Waals surface area contributed by atoms with Crippen LogP contribution in [-0.2, 0) is 9.53 Å². The minimum Gasteiger partial charge on any atom is -0.377 e. The van der Waals surface area contributed by atoms with Gasteiger partial charge in [0, 0.05) is 22.9 Å². The lowest BCUT2D eigenvalue weighted by Crippen LogP contribution is -2.17. The fourth-order valence-corrected chi connectivity index (χ4v) is 3.42. The summed E-state index contributed by atoms with van der Waals surface area (Å²) in [7, 11) is 0. The van der Waals surface area contributed by atoms with Crippen LogP contribution in [0.15, 0.2) is 30.3 Å². The molecule has 5 heteroatoms. The van der Waals surface area contributed by atoms with E-state index in [1.54, 1.807) is 6.07 Å². The number of nitrogens with one attached hydrogen (secondary N) is 1. The number of carbonyl (C=O) groups excluding carboxylic acids is 1. The van der Waals surface area contributed by atoms with Gasteiger partial charge in [-0.05, 0) is 37.1 Å². The Labute approximate surface area is 127 Å². The van der Waals surface area contributed by atoms with Crippen LogP contribution >= 0.6 is 11.6 Å². The summed E-state index contributed by atoms with van der Waals surface area (Å²) in [6, 6.07) is 9.25. The van der Waals surface area contributed by atoms with E-state index in [4.69, 9.17) is 16.3 Å². The van der Waals surface area contributed by atoms with E-state index in [1.807, 2.05) is 24.3 Å². The molecule has 108 valence electrons. The van der Waals surface area contributed by atoms with Gasteiger partial charge in [0.15, 0.2) is 0 Å². The smallest absolute Gasteiger partial charge is 0.231 e. The quantitative estimate of drug-likeness (QED) is 0.926. The SMILES string of the molecule is O=C(Nc1ccc2c(Cl)cccc2n1)C1C2CCCOC21. The molecule has 2 fully saturated rings. The number of rotatable bonds is 2. The molecule has 1 aliphatic heterocycles. The second-order valence-electron chi connectivity index (χ2n) is 5.66. The average Bonchev–Trinajstić information content (AvgIpc) is 3.22. The number of aromatic nitrogens is 1. The van der Waals surface area contributed by atoms with Gasteiger partial charge in [0.25, 0.3) is 0 Å². The van der Waals surface area contributed by atoms with E-state index in [9.17, 15) is 4.79 Å². The molecule has 1 saturated carbocycles. The van der Waals surface area contributed by atoms with Gasteiger partial charge in [0.1, 0.15) is 5.82 Å². The zero-order valence-electron chi connectivity index (χ0n) is 11.4. The molecule has 3 unspecified atom stereocenters. The number of nitrogens with zero attached hydrogens (tertiary/aromatic N) is 1. The Morgan fingerprint density at radius 3 is 3.05 bits per heavy atom. The Balaban J connectivity index is 1.53. The second kappa shape index (κ2) is 4.97. The van der Waals surface area contributed by atoms with Crippen molar-refractivity contribution in [1.29, 1.82) is 0 Å². The summed E-state index contributed by atoms with van der Waals surface area (Å²) in [5.74, 6) is 0.970. The molecule has 0 bridgehead atoms. The van der Waals surface area contributed by atoms with E-state index >= 15 is 0 Å². The minimum atomic E-state index is -0.00985. The molecule has 0 radical (unpaired) electrons. The molecule has 1 amide bonds. The Kier molecular flexibility index (Phi) is 3.08. The lowest BCUT2D eigenvalue weighted by molar-refractivity contribution is -0.118. The number of anilines is 1. The van der Waals surface area contributed by atoms with Crippen LogP contribution in [0.3, 0.4) is 0 Å². The van der Waals surface area contributed by atoms with Crippen LogP contribution in [0.4, 0.5) is 5.82 Å². The standard InChI is InChI=1S/C16H15ClN2O2/c17-11-4-1-5-12-9(11)6-7-13(18-12)19-16(20)14-10-3-2-8-21-15(10)14/h1,4-7,10,14-15H,2-3,8H2,(H,18,19,20). The molecule has 3 atom stereocenters. The first-order valence-corrected chi connectivity index (χ1v) is 7.59. The third-order valence-electron chi connectivity index (χ3n) is 4.32. The van der Waals surface area contributed by atoms with E-state index in [0.717, 1.165) is 30.4 Å². The molecule has 1 aromatic heterocycles. The van der Waals surface area contributed by atoms with Crippen molar-refractivity contribution in [3.8, 4) is 0 Å². The number of halogens is 1. The fraction of sp³-hybridized carbons (Fsp3) is 0.375. The molecule has 21 heavy (non-hydrogen) atoms. The van der Waals surface area contributed by atoms with Crippen molar-refractivity contribution in [2.45, 2.75) is 18.9 Å². The van der Waals surface area contributed by atoms with Gasteiger partial charge < -0.3 is 10.1 Å². The van der Waals surface area contributed by atoms with Gasteiger partial charge in [-0.2, -0.15) is 0 Å². The Morgan fingerprint density at radius 1 is 1.33 bits per heavy atom. The van der Waals surface area contributed by atoms with E-state index < -0.39 is 0 Å². The van der Waals surface area contributed by atoms with E-state index in [2.05, 4.69) is 10.3 Å². The van der Waals surface area contributed by atoms with Gasteiger partial charge in [-0.15, -0.1) is 0 Å². The molecule has 1 aliphatic carbocycles. The van der Waals surface area contributed by atoms with Crippen LogP contribution in [-0.4, -0.2) is 23.6 Å². The first-order valence-electron chi connectivity index (χ1n) is 7.22. The van der Waals surface area contributed by atoms with Crippen molar-refractivity contribution in [2.24, 2.45) is 11.8 Å². The number of carbonyl (C=O) groups is 1. The Bertz CT molecular complexity index is 706. The Morgan fingerprint density at radius 2 is 2.24 bits per heavy atom. The highest BCUT2D eigenvalue weighted by atomic mass is 35.5. The third kappa shape index (κ3) is 2.28. The van der Waals surface area contributed by atoms with Gasteiger partial charge in [-0.1, -0.05) is 17.7 Å². The first-order chi connectivity index (χ1) is 10.2. The maximum absolute atomic E-state index is 12.3. The van der Waals surface area contributed by atoms with Crippen molar-refractivity contribution < 1.29 is 9.53 Å². The van der Waals surface area contributed by atoms with Crippen LogP contribution in [0.25, 0.3) is 10.9 Å². The fourth-order valence-electron chi connectivity index (χ4n) is 3.19. The molecular weight excluding hydrogens is 288 g/mol. The van der Waals surface area contributed by atoms with Gasteiger partial charge in [-0.25, -0.2) is 4.98 Å². The van der Waals surface area contributed by atoms with Crippen molar-refractivity contribution in [3.05, 3.63) is 35.4 Å². The maximum atomic E-state index is 12.3. The summed E-state index contributed by atoms with van der Waals surface area (Å²) < 4.78 is 5.61. The molecular formula is C16H15ClN2O2. The molecule has 2 aliphatic rings. The summed E-state index contributed by atoms with van der Waals surface area (Å²) in [5, 5.41) is 4.45. The first kappa shape index (κ1) is 13.0. The predicted molar refractivity (Wildman–Crippen MR) is 81.3 cm³/mol. The average molecular weight is 303 g/mol. The van der Waals surface area contributed by atoms with Crippen LogP contribution in [0.5, 0.6) is 0 Å². The van der Waals surface area contributed by atoms with Crippen LogP contribution < -0.4 is 5.32 Å². The van der Waals surface area contributed by atoms with E-state index in [-0.39, 0.29) is 17.9 Å². The molecule has 0 spiro atoms. The monoisotopic (exact) mass is 302 g/mol. The molecule has 1 N–H and O–H groups in total. The predicted octanol–water partition coefficient (Wildman–Crippen LogP) is 3.25. The van der Waals surface area contributed by atoms with Crippen LogP contribution in [0, 0.1) is 11.8 Å². The highest BCUT2D eigenvalue weighted by Gasteiger charge is 2.56.